The summed E-state index contributed by atoms with van der Waals surface area (Å²) in [7, 11) is 0. The molecule has 3 aromatic rings. The number of halogens is 1. The number of rotatable bonds is 2. The second-order valence-electron chi connectivity index (χ2n) is 5.79. The summed E-state index contributed by atoms with van der Waals surface area (Å²) in [6.45, 7) is 0. The van der Waals surface area contributed by atoms with Crippen LogP contribution in [-0.2, 0) is 0 Å². The molecule has 2 aromatic carbocycles. The van der Waals surface area contributed by atoms with E-state index in [1.807, 2.05) is 48.5 Å². The van der Waals surface area contributed by atoms with Crippen LogP contribution in [0.4, 0.5) is 0 Å². The number of aromatic nitrogens is 2. The fraction of sp³-hybridized carbons (Fsp3) is 0.105. The fourth-order valence-electron chi connectivity index (χ4n) is 3.20. The Morgan fingerprint density at radius 1 is 1.16 bits per heavy atom. The molecule has 6 heteroatoms. The smallest absolute Gasteiger partial charge is 0.244 e. The molecule has 0 saturated heterocycles. The maximum absolute atomic E-state index is 9.65. The average Bonchev–Trinajstić information content (AvgIpc) is 3.04. The molecule has 0 spiro atoms. The van der Waals surface area contributed by atoms with E-state index in [0.29, 0.717) is 10.9 Å². The Kier molecular flexibility index (Phi) is 3.75. The van der Waals surface area contributed by atoms with Crippen molar-refractivity contribution in [3.63, 3.8) is 0 Å². The predicted molar refractivity (Wildman–Crippen MR) is 94.8 cm³/mol. The molecule has 2 heterocycles. The molecular weight excluding hydrogens is 336 g/mol. The molecule has 2 atom stereocenters. The lowest BCUT2D eigenvalue weighted by atomic mass is 9.79. The van der Waals surface area contributed by atoms with Crippen molar-refractivity contribution in [1.82, 2.24) is 10.2 Å². The van der Waals surface area contributed by atoms with E-state index in [9.17, 15) is 5.26 Å². The Morgan fingerprint density at radius 2 is 1.96 bits per heavy atom. The van der Waals surface area contributed by atoms with E-state index in [0.717, 1.165) is 22.4 Å². The van der Waals surface area contributed by atoms with Gasteiger partial charge in [0.05, 0.1) is 17.3 Å². The van der Waals surface area contributed by atoms with E-state index >= 15 is 0 Å². The van der Waals surface area contributed by atoms with Gasteiger partial charge in [-0.1, -0.05) is 54.1 Å². The van der Waals surface area contributed by atoms with Gasteiger partial charge in [-0.2, -0.15) is 5.26 Å². The third-order valence-corrected chi connectivity index (χ3v) is 4.55. The number of H-pyrrole nitrogens is 1. The predicted octanol–water partition coefficient (Wildman–Crippen LogP) is 4.37. The first-order valence-corrected chi connectivity index (χ1v) is 8.12. The van der Waals surface area contributed by atoms with Crippen molar-refractivity contribution in [2.75, 3.05) is 0 Å². The Bertz CT molecular complexity index is 990. The third kappa shape index (κ3) is 2.57. The van der Waals surface area contributed by atoms with E-state index in [4.69, 9.17) is 21.7 Å². The number of hydrogen-bond donors (Lipinski definition) is 2. The lowest BCUT2D eigenvalue weighted by molar-refractivity contribution is 0.437. The Hall–Kier alpha value is -3.10. The van der Waals surface area contributed by atoms with Crippen LogP contribution in [0.2, 0.25) is 5.02 Å². The van der Waals surface area contributed by atoms with E-state index in [1.54, 1.807) is 6.07 Å². The zero-order valence-electron chi connectivity index (χ0n) is 13.0. The van der Waals surface area contributed by atoms with Crippen LogP contribution in [0.15, 0.2) is 54.6 Å². The monoisotopic (exact) mass is 348 g/mol. The van der Waals surface area contributed by atoms with Crippen molar-refractivity contribution < 1.29 is 4.74 Å². The molecule has 5 nitrogen and oxygen atoms in total. The number of nitriles is 1. The molecule has 1 aliphatic rings. The van der Waals surface area contributed by atoms with Crippen LogP contribution < -0.4 is 4.74 Å². The summed E-state index contributed by atoms with van der Waals surface area (Å²) >= 11 is 6.16. The van der Waals surface area contributed by atoms with Crippen LogP contribution in [0, 0.1) is 22.7 Å². The Labute approximate surface area is 149 Å². The van der Waals surface area contributed by atoms with Gasteiger partial charge in [0, 0.05) is 10.9 Å². The minimum absolute atomic E-state index is 0.105. The van der Waals surface area contributed by atoms with E-state index in [2.05, 4.69) is 16.3 Å². The summed E-state index contributed by atoms with van der Waals surface area (Å²) in [6, 6.07) is 19.3. The SMILES string of the molecule is N#CC1C(=N)Oc2n[nH]c(-c3ccccc3)c2C1c1cccc(Cl)c1. The number of hydrogen-bond acceptors (Lipinski definition) is 4. The van der Waals surface area contributed by atoms with Gasteiger partial charge in [0.2, 0.25) is 11.8 Å². The van der Waals surface area contributed by atoms with E-state index in [1.165, 1.54) is 0 Å². The maximum atomic E-state index is 9.65. The van der Waals surface area contributed by atoms with Crippen molar-refractivity contribution in [3.8, 4) is 23.2 Å². The van der Waals surface area contributed by atoms with Crippen molar-refractivity contribution in [2.24, 2.45) is 5.92 Å². The first kappa shape index (κ1) is 15.4. The van der Waals surface area contributed by atoms with Crippen LogP contribution >= 0.6 is 11.6 Å². The van der Waals surface area contributed by atoms with Crippen molar-refractivity contribution >= 4 is 17.5 Å². The van der Waals surface area contributed by atoms with Gasteiger partial charge in [0.15, 0.2) is 0 Å². The standard InChI is InChI=1S/C19H13ClN4O/c20-13-8-4-7-12(9-13)15-14(10-21)18(22)25-19-16(15)17(23-24-19)11-5-2-1-3-6-11/h1-9,14-15,22H,(H,23,24). The van der Waals surface area contributed by atoms with Crippen molar-refractivity contribution in [1.29, 1.82) is 10.7 Å². The van der Waals surface area contributed by atoms with E-state index < -0.39 is 5.92 Å². The van der Waals surface area contributed by atoms with Crippen molar-refractivity contribution in [2.45, 2.75) is 5.92 Å². The number of nitrogens with one attached hydrogen (secondary N) is 2. The molecular formula is C19H13ClN4O. The topological polar surface area (TPSA) is 85.6 Å². The largest absolute Gasteiger partial charge is 0.422 e. The Balaban J connectivity index is 1.95. The van der Waals surface area contributed by atoms with Gasteiger partial charge in [-0.05, 0) is 23.3 Å². The van der Waals surface area contributed by atoms with Gasteiger partial charge < -0.3 is 4.74 Å². The molecule has 2 unspecified atom stereocenters. The molecule has 1 aliphatic heterocycles. The van der Waals surface area contributed by atoms with Crippen molar-refractivity contribution in [3.05, 3.63) is 70.7 Å². The fourth-order valence-corrected chi connectivity index (χ4v) is 3.40. The molecule has 2 N–H and O–H groups in total. The van der Waals surface area contributed by atoms with Crippen LogP contribution in [-0.4, -0.2) is 16.1 Å². The summed E-state index contributed by atoms with van der Waals surface area (Å²) in [6.07, 6.45) is 0. The highest BCUT2D eigenvalue weighted by molar-refractivity contribution is 6.30. The second kappa shape index (κ2) is 6.08. The molecule has 25 heavy (non-hydrogen) atoms. The van der Waals surface area contributed by atoms with Gasteiger partial charge in [-0.15, -0.1) is 5.10 Å². The lowest BCUT2D eigenvalue weighted by Gasteiger charge is -2.28. The van der Waals surface area contributed by atoms with Gasteiger partial charge in [-0.3, -0.25) is 10.5 Å². The van der Waals surface area contributed by atoms with E-state index in [-0.39, 0.29) is 11.8 Å². The van der Waals surface area contributed by atoms with Crippen LogP contribution in [0.25, 0.3) is 11.3 Å². The summed E-state index contributed by atoms with van der Waals surface area (Å²) < 4.78 is 5.50. The number of fused-ring (bicyclic) bond motifs is 1. The number of aromatic amines is 1. The molecule has 0 fully saturated rings. The lowest BCUT2D eigenvalue weighted by Crippen LogP contribution is -2.30. The average molecular weight is 349 g/mol. The van der Waals surface area contributed by atoms with Gasteiger partial charge >= 0.3 is 0 Å². The highest BCUT2D eigenvalue weighted by Crippen LogP contribution is 2.45. The quantitative estimate of drug-likeness (QED) is 0.721. The molecule has 4 rings (SSSR count). The molecule has 1 aromatic heterocycles. The highest BCUT2D eigenvalue weighted by Gasteiger charge is 2.40. The number of benzene rings is 2. The first-order chi connectivity index (χ1) is 12.2. The number of ether oxygens (including phenoxy) is 1. The summed E-state index contributed by atoms with van der Waals surface area (Å²) in [5.74, 6) is -0.897. The highest BCUT2D eigenvalue weighted by atomic mass is 35.5. The van der Waals surface area contributed by atoms with Crippen LogP contribution in [0.5, 0.6) is 5.88 Å². The minimum Gasteiger partial charge on any atom is -0.422 e. The second-order valence-corrected chi connectivity index (χ2v) is 6.23. The van der Waals surface area contributed by atoms with Gasteiger partial charge in [-0.25, -0.2) is 0 Å². The summed E-state index contributed by atoms with van der Waals surface area (Å²) in [5, 5.41) is 25.5. The molecule has 0 amide bonds. The summed E-state index contributed by atoms with van der Waals surface area (Å²) in [5.41, 5.74) is 3.35. The molecule has 0 aliphatic carbocycles. The third-order valence-electron chi connectivity index (χ3n) is 4.31. The van der Waals surface area contributed by atoms with Gasteiger partial charge in [0.25, 0.3) is 0 Å². The van der Waals surface area contributed by atoms with Crippen LogP contribution in [0.1, 0.15) is 17.0 Å². The van der Waals surface area contributed by atoms with Gasteiger partial charge in [0.1, 0.15) is 5.92 Å². The Morgan fingerprint density at radius 3 is 2.68 bits per heavy atom. The first-order valence-electron chi connectivity index (χ1n) is 7.74. The maximum Gasteiger partial charge on any atom is 0.244 e. The summed E-state index contributed by atoms with van der Waals surface area (Å²) in [4.78, 5) is 0. The molecule has 122 valence electrons. The molecule has 0 radical (unpaired) electrons. The van der Waals surface area contributed by atoms with Crippen LogP contribution in [0.3, 0.4) is 0 Å². The minimum atomic E-state index is -0.744. The normalized spacial score (nSPS) is 19.0. The zero-order valence-corrected chi connectivity index (χ0v) is 13.8. The number of nitrogens with zero attached hydrogens (tertiary/aromatic N) is 2. The zero-order chi connectivity index (χ0) is 17.4. The molecule has 0 bridgehead atoms. The molecule has 0 saturated carbocycles.